The maximum absolute atomic E-state index is 13.6. The highest BCUT2D eigenvalue weighted by molar-refractivity contribution is 14.0. The van der Waals surface area contributed by atoms with E-state index in [1.54, 1.807) is 0 Å². The van der Waals surface area contributed by atoms with E-state index in [0.29, 0.717) is 35.9 Å². The highest BCUT2D eigenvalue weighted by Crippen LogP contribution is 2.15. The summed E-state index contributed by atoms with van der Waals surface area (Å²) in [4.78, 5) is 4.41. The van der Waals surface area contributed by atoms with Crippen LogP contribution in [0.2, 0.25) is 0 Å². The normalized spacial score (nSPS) is 13.6. The Balaban J connectivity index is 0.00000729. The first-order chi connectivity index (χ1) is 12.4. The molecule has 10 heteroatoms. The molecule has 0 heterocycles. The molecule has 1 atom stereocenters. The molecule has 0 aromatic heterocycles. The van der Waals surface area contributed by atoms with Crippen molar-refractivity contribution in [3.63, 3.8) is 0 Å². The van der Waals surface area contributed by atoms with E-state index >= 15 is 0 Å². The first-order valence-electron chi connectivity index (χ1n) is 8.78. The molecule has 1 rings (SSSR count). The number of sulfone groups is 1. The lowest BCUT2D eigenvalue weighted by Crippen LogP contribution is -2.40. The van der Waals surface area contributed by atoms with E-state index in [1.165, 1.54) is 18.2 Å². The number of guanidine groups is 1. The van der Waals surface area contributed by atoms with Crippen molar-refractivity contribution in [3.8, 4) is 0 Å². The van der Waals surface area contributed by atoms with Crippen molar-refractivity contribution in [1.82, 2.24) is 10.6 Å². The van der Waals surface area contributed by atoms with Gasteiger partial charge >= 0.3 is 0 Å². The van der Waals surface area contributed by atoms with Gasteiger partial charge in [-0.05, 0) is 51.0 Å². The second-order valence-corrected chi connectivity index (χ2v) is 11.7. The van der Waals surface area contributed by atoms with E-state index in [0.717, 1.165) is 6.26 Å². The molecule has 0 radical (unpaired) electrons. The number of nitrogens with one attached hydrogen (secondary N) is 2. The van der Waals surface area contributed by atoms with Gasteiger partial charge in [0, 0.05) is 40.6 Å². The molecule has 6 nitrogen and oxygen atoms in total. The summed E-state index contributed by atoms with van der Waals surface area (Å²) in [6.45, 7) is 8.95. The number of halogens is 2. The maximum atomic E-state index is 13.6. The summed E-state index contributed by atoms with van der Waals surface area (Å²) < 4.78 is 48.6. The van der Waals surface area contributed by atoms with Gasteiger partial charge in [-0.25, -0.2) is 17.8 Å². The van der Waals surface area contributed by atoms with Gasteiger partial charge in [-0.15, -0.1) is 24.0 Å². The molecule has 0 amide bonds. The number of aliphatic imine (C=N–C) groups is 1. The van der Waals surface area contributed by atoms with Crippen LogP contribution in [0.25, 0.3) is 0 Å². The van der Waals surface area contributed by atoms with Crippen LogP contribution in [0.3, 0.4) is 0 Å². The Morgan fingerprint density at radius 2 is 1.86 bits per heavy atom. The maximum Gasteiger partial charge on any atom is 0.191 e. The van der Waals surface area contributed by atoms with E-state index in [2.05, 4.69) is 15.6 Å². The van der Waals surface area contributed by atoms with Crippen molar-refractivity contribution >= 4 is 50.6 Å². The fraction of sp³-hybridized carbons (Fsp3) is 0.611. The van der Waals surface area contributed by atoms with Crippen LogP contribution in [0.15, 0.2) is 23.2 Å². The average Bonchev–Trinajstić information content (AvgIpc) is 2.52. The van der Waals surface area contributed by atoms with Crippen LogP contribution in [0.5, 0.6) is 0 Å². The van der Waals surface area contributed by atoms with E-state index < -0.39 is 26.5 Å². The smallest absolute Gasteiger partial charge is 0.191 e. The SMILES string of the molecule is CCNC(=NCc1cc(F)ccc1CS(C)(=O)=O)NCCS(=O)C(C)(C)C.I. The lowest BCUT2D eigenvalue weighted by atomic mass is 10.1. The minimum atomic E-state index is -3.24. The standard InChI is InChI=1S/C18H30FN3O3S2.HI/c1-6-20-17(21-9-10-26(23)18(2,3)4)22-12-15-11-16(19)8-7-14(15)13-27(5,24)25;/h7-8,11H,6,9-10,12-13H2,1-5H3,(H2,20,21,22);1H. The highest BCUT2D eigenvalue weighted by atomic mass is 127. The van der Waals surface area contributed by atoms with Crippen LogP contribution >= 0.6 is 24.0 Å². The average molecular weight is 548 g/mol. The zero-order valence-corrected chi connectivity index (χ0v) is 21.0. The Hall–Kier alpha value is -0.750. The quantitative estimate of drug-likeness (QED) is 0.297. The number of rotatable bonds is 8. The highest BCUT2D eigenvalue weighted by Gasteiger charge is 2.18. The molecule has 28 heavy (non-hydrogen) atoms. The Bertz CT molecular complexity index is 794. The Kier molecular flexibility index (Phi) is 11.7. The zero-order chi connectivity index (χ0) is 20.7. The topological polar surface area (TPSA) is 87.6 Å². The fourth-order valence-electron chi connectivity index (χ4n) is 2.24. The minimum Gasteiger partial charge on any atom is -0.357 e. The molecule has 1 unspecified atom stereocenters. The van der Waals surface area contributed by atoms with Gasteiger partial charge in [0.1, 0.15) is 5.82 Å². The fourth-order valence-corrected chi connectivity index (χ4v) is 3.99. The lowest BCUT2D eigenvalue weighted by molar-refractivity contribution is 0.600. The van der Waals surface area contributed by atoms with Crippen molar-refractivity contribution in [2.75, 3.05) is 25.1 Å². The lowest BCUT2D eigenvalue weighted by Gasteiger charge is -2.18. The van der Waals surface area contributed by atoms with Crippen molar-refractivity contribution in [2.24, 2.45) is 4.99 Å². The monoisotopic (exact) mass is 547 g/mol. The molecular formula is C18H31FIN3O3S2. The number of benzene rings is 1. The molecule has 162 valence electrons. The molecule has 0 aliphatic rings. The van der Waals surface area contributed by atoms with Gasteiger partial charge in [-0.2, -0.15) is 0 Å². The summed E-state index contributed by atoms with van der Waals surface area (Å²) in [7, 11) is -4.21. The Morgan fingerprint density at radius 1 is 1.21 bits per heavy atom. The molecular weight excluding hydrogens is 516 g/mol. The van der Waals surface area contributed by atoms with Gasteiger partial charge in [0.2, 0.25) is 0 Å². The summed E-state index contributed by atoms with van der Waals surface area (Å²) in [6, 6.07) is 4.04. The summed E-state index contributed by atoms with van der Waals surface area (Å²) in [5.74, 6) is 0.397. The predicted molar refractivity (Wildman–Crippen MR) is 126 cm³/mol. The number of hydrogen-bond acceptors (Lipinski definition) is 4. The molecule has 0 saturated heterocycles. The second-order valence-electron chi connectivity index (χ2n) is 7.27. The number of hydrogen-bond donors (Lipinski definition) is 2. The van der Waals surface area contributed by atoms with Gasteiger partial charge in [0.15, 0.2) is 15.8 Å². The third kappa shape index (κ3) is 10.7. The van der Waals surface area contributed by atoms with Crippen LogP contribution in [0.4, 0.5) is 4.39 Å². The molecule has 1 aromatic carbocycles. The van der Waals surface area contributed by atoms with Crippen LogP contribution in [-0.4, -0.2) is 48.4 Å². The summed E-state index contributed by atoms with van der Waals surface area (Å²) in [5, 5.41) is 6.19. The molecule has 1 aromatic rings. The largest absolute Gasteiger partial charge is 0.357 e. The van der Waals surface area contributed by atoms with Crippen molar-refractivity contribution < 1.29 is 17.0 Å². The molecule has 0 spiro atoms. The molecule has 0 aliphatic heterocycles. The van der Waals surface area contributed by atoms with Crippen molar-refractivity contribution in [1.29, 1.82) is 0 Å². The molecule has 0 bridgehead atoms. The van der Waals surface area contributed by atoms with Gasteiger partial charge in [0.05, 0.1) is 12.3 Å². The number of nitrogens with zero attached hydrogens (tertiary/aromatic N) is 1. The molecule has 0 aliphatic carbocycles. The van der Waals surface area contributed by atoms with Crippen LogP contribution in [0.1, 0.15) is 38.8 Å². The summed E-state index contributed by atoms with van der Waals surface area (Å²) in [6.07, 6.45) is 1.14. The summed E-state index contributed by atoms with van der Waals surface area (Å²) >= 11 is 0. The third-order valence-corrected chi connectivity index (χ3v) is 6.38. The van der Waals surface area contributed by atoms with Gasteiger partial charge in [-0.3, -0.25) is 4.21 Å². The van der Waals surface area contributed by atoms with Gasteiger partial charge in [-0.1, -0.05) is 6.07 Å². The molecule has 0 fully saturated rings. The van der Waals surface area contributed by atoms with Crippen LogP contribution in [-0.2, 0) is 32.9 Å². The first kappa shape index (κ1) is 27.2. The van der Waals surface area contributed by atoms with Crippen LogP contribution < -0.4 is 10.6 Å². The van der Waals surface area contributed by atoms with Gasteiger partial charge < -0.3 is 10.6 Å². The Labute approximate surface area is 187 Å². The van der Waals surface area contributed by atoms with E-state index in [-0.39, 0.29) is 41.0 Å². The zero-order valence-electron chi connectivity index (χ0n) is 17.0. The van der Waals surface area contributed by atoms with E-state index in [1.807, 2.05) is 27.7 Å². The van der Waals surface area contributed by atoms with E-state index in [4.69, 9.17) is 0 Å². The predicted octanol–water partition coefficient (Wildman–Crippen LogP) is 2.59. The van der Waals surface area contributed by atoms with E-state index in [9.17, 15) is 17.0 Å². The second kappa shape index (κ2) is 12.1. The van der Waals surface area contributed by atoms with Crippen molar-refractivity contribution in [3.05, 3.63) is 35.1 Å². The minimum absolute atomic E-state index is 0. The van der Waals surface area contributed by atoms with Gasteiger partial charge in [0.25, 0.3) is 0 Å². The first-order valence-corrected chi connectivity index (χ1v) is 12.2. The summed E-state index contributed by atoms with van der Waals surface area (Å²) in [5.41, 5.74) is 1.06. The van der Waals surface area contributed by atoms with Crippen LogP contribution in [0, 0.1) is 5.82 Å². The Morgan fingerprint density at radius 3 is 2.39 bits per heavy atom. The third-order valence-electron chi connectivity index (χ3n) is 3.60. The van der Waals surface area contributed by atoms with Crippen molar-refractivity contribution in [2.45, 2.75) is 44.7 Å². The molecule has 2 N–H and O–H groups in total. The molecule has 0 saturated carbocycles.